The van der Waals surface area contributed by atoms with Crippen LogP contribution >= 0.6 is 24.2 Å². The van der Waals surface area contributed by atoms with Crippen LogP contribution in [-0.4, -0.2) is 80.8 Å². The zero-order valence-corrected chi connectivity index (χ0v) is 26.6. The summed E-state index contributed by atoms with van der Waals surface area (Å²) in [5.41, 5.74) is 2.95. The van der Waals surface area contributed by atoms with Gasteiger partial charge in [-0.1, -0.05) is 30.3 Å². The lowest BCUT2D eigenvalue weighted by atomic mass is 9.72. The van der Waals surface area contributed by atoms with Crippen molar-refractivity contribution in [3.05, 3.63) is 81.9 Å². The third-order valence-corrected chi connectivity index (χ3v) is 9.79. The number of thioether (sulfide) groups is 1. The standard InChI is InChI=1S/C33H33NO10S.ClH/c1-15-28(36)19(34)11-23(43-15)44-21-13-33(41,22(35)14-45-16-7-4-3-5-8-16)12-18-25(21)32(40)27-26(30(18)38)29(37)17-9-6-10-20(42-2)24(17)31(27)39;/h3-10,15,19,21,23,28,36,38,40-41H,11-14,34H2,1-2H3;1H/t15?,19?,21-,23?,28?,33-;/m0./s1. The Kier molecular flexibility index (Phi) is 9.54. The molecule has 1 fully saturated rings. The molecule has 1 aliphatic heterocycles. The van der Waals surface area contributed by atoms with Crippen LogP contribution in [0.1, 0.15) is 68.8 Å². The summed E-state index contributed by atoms with van der Waals surface area (Å²) >= 11 is 1.22. The number of carbonyl (C=O) groups is 3. The number of halogens is 1. The minimum atomic E-state index is -2.08. The van der Waals surface area contributed by atoms with Gasteiger partial charge in [0.25, 0.3) is 0 Å². The summed E-state index contributed by atoms with van der Waals surface area (Å²) in [6, 6.07) is 12.9. The normalized spacial score (nSPS) is 26.8. The van der Waals surface area contributed by atoms with Crippen LogP contribution in [0.5, 0.6) is 17.2 Å². The van der Waals surface area contributed by atoms with Crippen LogP contribution in [-0.2, 0) is 20.7 Å². The smallest absolute Gasteiger partial charge is 0.202 e. The molecule has 0 amide bonds. The SMILES string of the molecule is COc1cccc2c1C(=O)c1c(O)c3c(c(O)c1C2=O)C[C@@](O)(C(=O)CSc1ccccc1)C[C@@H]3OC1CC(N)C(O)C(C)O1.Cl. The molecular formula is C33H34ClNO10S. The number of nitrogens with two attached hydrogens (primary N) is 1. The van der Waals surface area contributed by atoms with E-state index in [-0.39, 0.29) is 59.0 Å². The predicted octanol–water partition coefficient (Wildman–Crippen LogP) is 3.22. The van der Waals surface area contributed by atoms with Crippen LogP contribution in [0.3, 0.4) is 0 Å². The maximum Gasteiger partial charge on any atom is 0.202 e. The molecule has 0 spiro atoms. The molecule has 6 rings (SSSR count). The Morgan fingerprint density at radius 2 is 1.74 bits per heavy atom. The number of aromatic hydroxyl groups is 2. The number of aliphatic hydroxyl groups excluding tert-OH is 1. The van der Waals surface area contributed by atoms with Crippen molar-refractivity contribution in [3.8, 4) is 17.2 Å². The molecule has 6 N–H and O–H groups in total. The highest BCUT2D eigenvalue weighted by molar-refractivity contribution is 8.00. The van der Waals surface area contributed by atoms with Crippen molar-refractivity contribution < 1.29 is 49.0 Å². The number of benzene rings is 3. The second-order valence-corrected chi connectivity index (χ2v) is 12.7. The minimum absolute atomic E-state index is 0. The molecule has 0 saturated carbocycles. The fourth-order valence-corrected chi connectivity index (χ4v) is 7.32. The van der Waals surface area contributed by atoms with E-state index in [9.17, 15) is 34.8 Å². The first kappa shape index (κ1) is 33.9. The van der Waals surface area contributed by atoms with Crippen LogP contribution in [0.4, 0.5) is 0 Å². The molecule has 3 aromatic carbocycles. The van der Waals surface area contributed by atoms with E-state index >= 15 is 0 Å². The third kappa shape index (κ3) is 5.68. The van der Waals surface area contributed by atoms with E-state index in [1.54, 1.807) is 6.92 Å². The van der Waals surface area contributed by atoms with E-state index in [4.69, 9.17) is 19.9 Å². The summed E-state index contributed by atoms with van der Waals surface area (Å²) in [4.78, 5) is 42.0. The monoisotopic (exact) mass is 671 g/mol. The van der Waals surface area contributed by atoms with Gasteiger partial charge in [-0.2, -0.15) is 0 Å². The number of methoxy groups -OCH3 is 1. The Balaban J connectivity index is 0.00000417. The summed E-state index contributed by atoms with van der Waals surface area (Å²) in [7, 11) is 1.34. The van der Waals surface area contributed by atoms with Gasteiger partial charge in [0.1, 0.15) is 22.8 Å². The summed E-state index contributed by atoms with van der Waals surface area (Å²) in [6.07, 6.45) is -4.72. The van der Waals surface area contributed by atoms with Crippen LogP contribution in [0.15, 0.2) is 53.4 Å². The molecule has 3 aromatic rings. The molecule has 46 heavy (non-hydrogen) atoms. The number of aliphatic hydroxyl groups is 2. The van der Waals surface area contributed by atoms with Gasteiger partial charge in [-0.05, 0) is 25.1 Å². The lowest BCUT2D eigenvalue weighted by Crippen LogP contribution is -2.52. The second kappa shape index (κ2) is 13.0. The molecule has 244 valence electrons. The van der Waals surface area contributed by atoms with Crippen LogP contribution in [0.25, 0.3) is 0 Å². The van der Waals surface area contributed by atoms with Gasteiger partial charge in [0.2, 0.25) is 5.78 Å². The van der Waals surface area contributed by atoms with E-state index in [1.807, 2.05) is 30.3 Å². The van der Waals surface area contributed by atoms with E-state index < -0.39 is 82.6 Å². The molecule has 2 aliphatic carbocycles. The summed E-state index contributed by atoms with van der Waals surface area (Å²) in [6.45, 7) is 1.62. The molecule has 13 heteroatoms. The summed E-state index contributed by atoms with van der Waals surface area (Å²) in [5.74, 6) is -3.27. The quantitative estimate of drug-likeness (QED) is 0.143. The van der Waals surface area contributed by atoms with Gasteiger partial charge in [-0.15, -0.1) is 24.2 Å². The molecule has 0 aromatic heterocycles. The van der Waals surface area contributed by atoms with Crippen LogP contribution < -0.4 is 10.5 Å². The second-order valence-electron chi connectivity index (χ2n) is 11.6. The summed E-state index contributed by atoms with van der Waals surface area (Å²) < 4.78 is 17.4. The van der Waals surface area contributed by atoms with Gasteiger partial charge >= 0.3 is 0 Å². The lowest BCUT2D eigenvalue weighted by molar-refractivity contribution is -0.247. The molecule has 4 unspecified atom stereocenters. The van der Waals surface area contributed by atoms with Crippen LogP contribution in [0, 0.1) is 0 Å². The molecule has 1 saturated heterocycles. The number of ether oxygens (including phenoxy) is 3. The van der Waals surface area contributed by atoms with Gasteiger partial charge < -0.3 is 40.4 Å². The molecule has 1 heterocycles. The topological polar surface area (TPSA) is 186 Å². The largest absolute Gasteiger partial charge is 0.507 e. The average Bonchev–Trinajstić information content (AvgIpc) is 3.02. The number of hydrogen-bond donors (Lipinski definition) is 5. The van der Waals surface area contributed by atoms with Gasteiger partial charge in [-0.25, -0.2) is 0 Å². The van der Waals surface area contributed by atoms with E-state index in [1.165, 1.54) is 37.1 Å². The van der Waals surface area contributed by atoms with Crippen molar-refractivity contribution in [1.82, 2.24) is 0 Å². The Morgan fingerprint density at radius 3 is 2.41 bits per heavy atom. The van der Waals surface area contributed by atoms with Crippen molar-refractivity contribution >= 4 is 41.5 Å². The Morgan fingerprint density at radius 1 is 1.04 bits per heavy atom. The summed E-state index contributed by atoms with van der Waals surface area (Å²) in [5, 5.41) is 45.5. The van der Waals surface area contributed by atoms with E-state index in [2.05, 4.69) is 0 Å². The fraction of sp³-hybridized carbons (Fsp3) is 0.364. The van der Waals surface area contributed by atoms with E-state index in [0.717, 1.165) is 4.90 Å². The van der Waals surface area contributed by atoms with Crippen molar-refractivity contribution in [3.63, 3.8) is 0 Å². The van der Waals surface area contributed by atoms with Gasteiger partial charge in [-0.3, -0.25) is 14.4 Å². The lowest BCUT2D eigenvalue weighted by Gasteiger charge is -2.42. The number of Topliss-reactive ketones (excluding diaryl/α,β-unsaturated/α-hetero) is 1. The number of rotatable bonds is 7. The number of phenolic OH excluding ortho intramolecular Hbond substituents is 2. The molecule has 3 aliphatic rings. The molecule has 0 bridgehead atoms. The number of carbonyl (C=O) groups excluding carboxylic acids is 3. The fourth-order valence-electron chi connectivity index (χ4n) is 6.40. The average molecular weight is 672 g/mol. The molecule has 11 nitrogen and oxygen atoms in total. The first-order valence-electron chi connectivity index (χ1n) is 14.5. The highest BCUT2D eigenvalue weighted by atomic mass is 35.5. The van der Waals surface area contributed by atoms with Crippen LogP contribution in [0.2, 0.25) is 0 Å². The zero-order chi connectivity index (χ0) is 32.2. The number of fused-ring (bicyclic) bond motifs is 3. The first-order chi connectivity index (χ1) is 21.4. The Labute approximate surface area is 275 Å². The highest BCUT2D eigenvalue weighted by Gasteiger charge is 2.50. The van der Waals surface area contributed by atoms with Crippen molar-refractivity contribution in [2.75, 3.05) is 12.9 Å². The van der Waals surface area contributed by atoms with Gasteiger partial charge in [0.15, 0.2) is 17.9 Å². The maximum atomic E-state index is 13.8. The molecule has 0 radical (unpaired) electrons. The number of phenols is 2. The van der Waals surface area contributed by atoms with Gasteiger partial charge in [0, 0.05) is 46.9 Å². The number of hydrogen-bond acceptors (Lipinski definition) is 12. The van der Waals surface area contributed by atoms with Crippen molar-refractivity contribution in [1.29, 1.82) is 0 Å². The van der Waals surface area contributed by atoms with E-state index in [0.29, 0.717) is 0 Å². The Hall–Kier alpha value is -3.49. The third-order valence-electron chi connectivity index (χ3n) is 8.77. The molecular weight excluding hydrogens is 638 g/mol. The predicted molar refractivity (Wildman–Crippen MR) is 169 cm³/mol. The molecule has 6 atom stereocenters. The Bertz CT molecular complexity index is 1690. The zero-order valence-electron chi connectivity index (χ0n) is 25.0. The number of ketones is 3. The van der Waals surface area contributed by atoms with Gasteiger partial charge in [0.05, 0.1) is 47.9 Å². The van der Waals surface area contributed by atoms with Crippen molar-refractivity contribution in [2.45, 2.75) is 67.3 Å². The van der Waals surface area contributed by atoms with Crippen molar-refractivity contribution in [2.24, 2.45) is 5.73 Å². The first-order valence-corrected chi connectivity index (χ1v) is 15.5. The maximum absolute atomic E-state index is 13.8. The highest BCUT2D eigenvalue weighted by Crippen LogP contribution is 2.52. The minimum Gasteiger partial charge on any atom is -0.507 e.